The molecule has 0 radical (unpaired) electrons. The van der Waals surface area contributed by atoms with Crippen LogP contribution in [0, 0.1) is 0 Å². The van der Waals surface area contributed by atoms with Gasteiger partial charge in [0.05, 0.1) is 25.9 Å². The van der Waals surface area contributed by atoms with Gasteiger partial charge in [-0.2, -0.15) is 0 Å². The first kappa shape index (κ1) is 10.9. The van der Waals surface area contributed by atoms with Gasteiger partial charge in [0.15, 0.2) is 0 Å². The van der Waals surface area contributed by atoms with Gasteiger partial charge in [-0.15, -0.1) is 0 Å². The third kappa shape index (κ3) is 4.20. The third-order valence-electron chi connectivity index (χ3n) is 1.72. The quantitative estimate of drug-likeness (QED) is 0.572. The van der Waals surface area contributed by atoms with Crippen molar-refractivity contribution in [1.82, 2.24) is 5.32 Å². The first-order valence-corrected chi connectivity index (χ1v) is 4.36. The maximum absolute atomic E-state index is 10.9. The first-order chi connectivity index (χ1) is 6.68. The fourth-order valence-corrected chi connectivity index (χ4v) is 1.08. The van der Waals surface area contributed by atoms with Gasteiger partial charge < -0.3 is 19.9 Å². The number of hydrogen-bond acceptors (Lipinski definition) is 4. The summed E-state index contributed by atoms with van der Waals surface area (Å²) < 4.78 is 10.3. The van der Waals surface area contributed by atoms with E-state index in [0.717, 1.165) is 0 Å². The molecule has 1 aliphatic heterocycles. The highest BCUT2D eigenvalue weighted by Crippen LogP contribution is 1.98. The van der Waals surface area contributed by atoms with Crippen LogP contribution >= 0.6 is 0 Å². The van der Waals surface area contributed by atoms with Crippen LogP contribution in [0.3, 0.4) is 0 Å². The monoisotopic (exact) mass is 203 g/mol. The number of carboxylic acid groups (broad SMARTS) is 1. The van der Waals surface area contributed by atoms with Crippen LogP contribution in [0.1, 0.15) is 6.42 Å². The van der Waals surface area contributed by atoms with E-state index in [1.165, 1.54) is 0 Å². The lowest BCUT2D eigenvalue weighted by Gasteiger charge is -2.22. The second-order valence-electron chi connectivity index (χ2n) is 2.94. The van der Waals surface area contributed by atoms with Crippen molar-refractivity contribution < 1.29 is 24.2 Å². The van der Waals surface area contributed by atoms with Gasteiger partial charge in [-0.3, -0.25) is 9.59 Å². The minimum absolute atomic E-state index is 0.165. The van der Waals surface area contributed by atoms with Crippen LogP contribution in [-0.2, 0) is 19.1 Å². The molecule has 0 bridgehead atoms. The number of carbonyl (C=O) groups is 2. The maximum Gasteiger partial charge on any atom is 0.312 e. The Morgan fingerprint density at radius 1 is 1.43 bits per heavy atom. The predicted molar refractivity (Wildman–Crippen MR) is 45.8 cm³/mol. The molecule has 0 aromatic carbocycles. The number of carboxylic acids is 1. The van der Waals surface area contributed by atoms with Crippen molar-refractivity contribution in [3.8, 4) is 0 Å². The molecule has 80 valence electrons. The summed E-state index contributed by atoms with van der Waals surface area (Å²) in [5, 5.41) is 10.8. The van der Waals surface area contributed by atoms with Gasteiger partial charge in [0.25, 0.3) is 0 Å². The van der Waals surface area contributed by atoms with Gasteiger partial charge in [0, 0.05) is 6.54 Å². The fraction of sp³-hybridized carbons (Fsp3) is 0.750. The van der Waals surface area contributed by atoms with Crippen LogP contribution in [0.4, 0.5) is 0 Å². The van der Waals surface area contributed by atoms with Gasteiger partial charge in [-0.1, -0.05) is 0 Å². The predicted octanol–water partition coefficient (Wildman–Crippen LogP) is -1.01. The molecule has 0 spiro atoms. The van der Waals surface area contributed by atoms with Crippen molar-refractivity contribution in [1.29, 1.82) is 0 Å². The molecule has 0 saturated carbocycles. The summed E-state index contributed by atoms with van der Waals surface area (Å²) >= 11 is 0. The van der Waals surface area contributed by atoms with Crippen molar-refractivity contribution in [2.24, 2.45) is 0 Å². The smallest absolute Gasteiger partial charge is 0.312 e. The normalized spacial score (nSPS) is 21.6. The number of aliphatic carboxylic acids is 1. The molecule has 1 atom stereocenters. The van der Waals surface area contributed by atoms with E-state index in [-0.39, 0.29) is 6.10 Å². The molecule has 1 saturated heterocycles. The Hall–Kier alpha value is -1.14. The summed E-state index contributed by atoms with van der Waals surface area (Å²) in [5.41, 5.74) is 0. The van der Waals surface area contributed by atoms with Crippen LogP contribution in [0.5, 0.6) is 0 Å². The van der Waals surface area contributed by atoms with Crippen LogP contribution in [0.25, 0.3) is 0 Å². The van der Waals surface area contributed by atoms with Gasteiger partial charge in [0.2, 0.25) is 5.91 Å². The zero-order chi connectivity index (χ0) is 10.4. The van der Waals surface area contributed by atoms with E-state index >= 15 is 0 Å². The van der Waals surface area contributed by atoms with Crippen LogP contribution in [0.15, 0.2) is 0 Å². The average Bonchev–Trinajstić information content (AvgIpc) is 2.15. The molecule has 1 fully saturated rings. The van der Waals surface area contributed by atoms with Crippen molar-refractivity contribution in [2.45, 2.75) is 12.5 Å². The number of amides is 1. The number of rotatable bonds is 4. The standard InChI is InChI=1S/C8H13NO5/c10-7(3-8(11)12)9-4-6-5-13-1-2-14-6/h6H,1-5H2,(H,9,10)(H,11,12). The molecule has 0 aliphatic carbocycles. The molecule has 1 aliphatic rings. The molecular formula is C8H13NO5. The Balaban J connectivity index is 2.12. The Morgan fingerprint density at radius 2 is 2.21 bits per heavy atom. The molecule has 0 aromatic heterocycles. The van der Waals surface area contributed by atoms with Crippen LogP contribution in [-0.4, -0.2) is 49.5 Å². The summed E-state index contributed by atoms with van der Waals surface area (Å²) in [6.07, 6.45) is -0.672. The van der Waals surface area contributed by atoms with Crippen molar-refractivity contribution >= 4 is 11.9 Å². The minimum Gasteiger partial charge on any atom is -0.481 e. The van der Waals surface area contributed by atoms with E-state index in [1.807, 2.05) is 0 Å². The summed E-state index contributed by atoms with van der Waals surface area (Å²) in [6, 6.07) is 0. The number of carbonyl (C=O) groups excluding carboxylic acids is 1. The molecule has 1 amide bonds. The Bertz CT molecular complexity index is 212. The highest BCUT2D eigenvalue weighted by Gasteiger charge is 2.15. The lowest BCUT2D eigenvalue weighted by Crippen LogP contribution is -2.40. The van der Waals surface area contributed by atoms with Crippen molar-refractivity contribution in [3.05, 3.63) is 0 Å². The zero-order valence-corrected chi connectivity index (χ0v) is 7.69. The van der Waals surface area contributed by atoms with E-state index in [4.69, 9.17) is 14.6 Å². The van der Waals surface area contributed by atoms with Crippen molar-refractivity contribution in [2.75, 3.05) is 26.4 Å². The highest BCUT2D eigenvalue weighted by molar-refractivity contribution is 5.93. The highest BCUT2D eigenvalue weighted by atomic mass is 16.6. The summed E-state index contributed by atoms with van der Waals surface area (Å²) in [4.78, 5) is 21.1. The lowest BCUT2D eigenvalue weighted by atomic mass is 10.3. The fourth-order valence-electron chi connectivity index (χ4n) is 1.08. The largest absolute Gasteiger partial charge is 0.481 e. The molecule has 1 heterocycles. The summed E-state index contributed by atoms with van der Waals surface area (Å²) in [6.45, 7) is 1.82. The van der Waals surface area contributed by atoms with E-state index in [9.17, 15) is 9.59 Å². The van der Waals surface area contributed by atoms with E-state index < -0.39 is 18.3 Å². The van der Waals surface area contributed by atoms with E-state index in [2.05, 4.69) is 5.32 Å². The molecule has 0 aromatic rings. The molecule has 1 unspecified atom stereocenters. The maximum atomic E-state index is 10.9. The Labute approximate surface area is 81.2 Å². The average molecular weight is 203 g/mol. The SMILES string of the molecule is O=C(O)CC(=O)NCC1COCCO1. The lowest BCUT2D eigenvalue weighted by molar-refractivity contribution is -0.141. The minimum atomic E-state index is -1.14. The van der Waals surface area contributed by atoms with Gasteiger partial charge in [-0.25, -0.2) is 0 Å². The Kier molecular flexibility index (Phi) is 4.34. The molecule has 6 nitrogen and oxygen atoms in total. The van der Waals surface area contributed by atoms with Crippen LogP contribution in [0.2, 0.25) is 0 Å². The number of hydrogen-bond donors (Lipinski definition) is 2. The molecular weight excluding hydrogens is 190 g/mol. The first-order valence-electron chi connectivity index (χ1n) is 4.36. The summed E-state index contributed by atoms with van der Waals surface area (Å²) in [7, 11) is 0. The molecule has 14 heavy (non-hydrogen) atoms. The second-order valence-corrected chi connectivity index (χ2v) is 2.94. The van der Waals surface area contributed by atoms with Crippen LogP contribution < -0.4 is 5.32 Å². The van der Waals surface area contributed by atoms with E-state index in [0.29, 0.717) is 26.4 Å². The molecule has 6 heteroatoms. The van der Waals surface area contributed by atoms with Gasteiger partial charge in [0.1, 0.15) is 6.42 Å². The van der Waals surface area contributed by atoms with E-state index in [1.54, 1.807) is 0 Å². The van der Waals surface area contributed by atoms with Gasteiger partial charge >= 0.3 is 5.97 Å². The van der Waals surface area contributed by atoms with Crippen molar-refractivity contribution in [3.63, 3.8) is 0 Å². The topological polar surface area (TPSA) is 84.9 Å². The third-order valence-corrected chi connectivity index (χ3v) is 1.72. The molecule has 1 rings (SSSR count). The second kappa shape index (κ2) is 5.56. The summed E-state index contributed by atoms with van der Waals surface area (Å²) in [5.74, 6) is -1.64. The Morgan fingerprint density at radius 3 is 2.79 bits per heavy atom. The molecule has 2 N–H and O–H groups in total. The number of nitrogens with one attached hydrogen (secondary N) is 1. The number of ether oxygens (including phenoxy) is 2. The van der Waals surface area contributed by atoms with Gasteiger partial charge in [-0.05, 0) is 0 Å². The zero-order valence-electron chi connectivity index (χ0n) is 7.69.